The highest BCUT2D eigenvalue weighted by Crippen LogP contribution is 2.13. The highest BCUT2D eigenvalue weighted by molar-refractivity contribution is 5.85. The summed E-state index contributed by atoms with van der Waals surface area (Å²) in [6.07, 6.45) is 6.65. The number of nitrogens with one attached hydrogen (secondary N) is 2. The van der Waals surface area contributed by atoms with Crippen LogP contribution in [0, 0.1) is 0 Å². The minimum absolute atomic E-state index is 0. The molecule has 0 aromatic rings. The third-order valence-corrected chi connectivity index (χ3v) is 2.92. The van der Waals surface area contributed by atoms with Crippen LogP contribution in [0.4, 0.5) is 0 Å². The van der Waals surface area contributed by atoms with E-state index in [0.29, 0.717) is 12.3 Å². The zero-order chi connectivity index (χ0) is 8.93. The van der Waals surface area contributed by atoms with Crippen molar-refractivity contribution in [2.75, 3.05) is 19.7 Å². The van der Waals surface area contributed by atoms with Crippen molar-refractivity contribution in [3.8, 4) is 0 Å². The van der Waals surface area contributed by atoms with Crippen LogP contribution >= 0.6 is 12.4 Å². The molecule has 2 heterocycles. The van der Waals surface area contributed by atoms with Crippen LogP contribution in [0.15, 0.2) is 0 Å². The van der Waals surface area contributed by atoms with Gasteiger partial charge >= 0.3 is 0 Å². The molecule has 2 aliphatic rings. The summed E-state index contributed by atoms with van der Waals surface area (Å²) in [5.74, 6) is 0. The van der Waals surface area contributed by atoms with Gasteiger partial charge in [-0.05, 0) is 32.4 Å². The van der Waals surface area contributed by atoms with Crippen molar-refractivity contribution in [2.45, 2.75) is 44.4 Å². The Hall–Kier alpha value is 0.170. The van der Waals surface area contributed by atoms with Gasteiger partial charge in [0, 0.05) is 19.1 Å². The maximum Gasteiger partial charge on any atom is 0.109 e. The van der Waals surface area contributed by atoms with Gasteiger partial charge in [-0.25, -0.2) is 0 Å². The fourth-order valence-corrected chi connectivity index (χ4v) is 2.15. The zero-order valence-corrected chi connectivity index (χ0v) is 9.44. The summed E-state index contributed by atoms with van der Waals surface area (Å²) in [6, 6.07) is 0.685. The van der Waals surface area contributed by atoms with Crippen molar-refractivity contribution in [3.63, 3.8) is 0 Å². The van der Waals surface area contributed by atoms with Gasteiger partial charge in [-0.1, -0.05) is 6.42 Å². The Morgan fingerprint density at radius 3 is 2.57 bits per heavy atom. The van der Waals surface area contributed by atoms with Gasteiger partial charge in [0.1, 0.15) is 6.23 Å². The molecule has 2 fully saturated rings. The van der Waals surface area contributed by atoms with Crippen LogP contribution < -0.4 is 10.6 Å². The van der Waals surface area contributed by atoms with Crippen LogP contribution in [0.3, 0.4) is 0 Å². The average molecular weight is 221 g/mol. The fraction of sp³-hybridized carbons (Fsp3) is 1.00. The van der Waals surface area contributed by atoms with Crippen molar-refractivity contribution >= 4 is 12.4 Å². The standard InChI is InChI=1S/C10H20N2O.ClH/c1-2-5-11-9(4-1)8-10-12-6-3-7-13-10;/h9-12H,1-8H2;1H. The molecule has 14 heavy (non-hydrogen) atoms. The van der Waals surface area contributed by atoms with E-state index < -0.39 is 0 Å². The molecule has 0 spiro atoms. The summed E-state index contributed by atoms with van der Waals surface area (Å²) < 4.78 is 5.63. The van der Waals surface area contributed by atoms with Crippen LogP contribution in [-0.4, -0.2) is 32.0 Å². The highest BCUT2D eigenvalue weighted by Gasteiger charge is 2.19. The van der Waals surface area contributed by atoms with E-state index in [4.69, 9.17) is 4.74 Å². The van der Waals surface area contributed by atoms with Crippen molar-refractivity contribution in [2.24, 2.45) is 0 Å². The Kier molecular flexibility index (Phi) is 5.78. The van der Waals surface area contributed by atoms with E-state index in [1.807, 2.05) is 0 Å². The lowest BCUT2D eigenvalue weighted by Gasteiger charge is -2.30. The van der Waals surface area contributed by atoms with E-state index in [-0.39, 0.29) is 12.4 Å². The molecule has 3 nitrogen and oxygen atoms in total. The first kappa shape index (κ1) is 12.2. The molecule has 84 valence electrons. The second-order valence-corrected chi connectivity index (χ2v) is 4.05. The summed E-state index contributed by atoms with van der Waals surface area (Å²) in [5.41, 5.74) is 0. The summed E-state index contributed by atoms with van der Waals surface area (Å²) in [5, 5.41) is 6.95. The molecule has 2 aliphatic heterocycles. The zero-order valence-electron chi connectivity index (χ0n) is 8.63. The lowest BCUT2D eigenvalue weighted by atomic mass is 10.0. The largest absolute Gasteiger partial charge is 0.363 e. The second-order valence-electron chi connectivity index (χ2n) is 4.05. The molecule has 0 radical (unpaired) electrons. The molecule has 2 unspecified atom stereocenters. The monoisotopic (exact) mass is 220 g/mol. The van der Waals surface area contributed by atoms with Gasteiger partial charge < -0.3 is 10.1 Å². The quantitative estimate of drug-likeness (QED) is 0.736. The number of ether oxygens (including phenoxy) is 1. The van der Waals surface area contributed by atoms with Crippen LogP contribution in [-0.2, 0) is 4.74 Å². The first-order valence-electron chi connectivity index (χ1n) is 5.53. The van der Waals surface area contributed by atoms with Crippen molar-refractivity contribution < 1.29 is 4.74 Å². The third kappa shape index (κ3) is 3.73. The molecule has 0 amide bonds. The van der Waals surface area contributed by atoms with E-state index in [9.17, 15) is 0 Å². The molecule has 2 saturated heterocycles. The predicted molar refractivity (Wildman–Crippen MR) is 59.9 cm³/mol. The first-order valence-corrected chi connectivity index (χ1v) is 5.53. The Balaban J connectivity index is 0.000000980. The second kappa shape index (κ2) is 6.62. The van der Waals surface area contributed by atoms with E-state index in [1.165, 1.54) is 25.8 Å². The van der Waals surface area contributed by atoms with E-state index >= 15 is 0 Å². The maximum atomic E-state index is 5.63. The predicted octanol–water partition coefficient (Wildman–Crippen LogP) is 1.28. The lowest BCUT2D eigenvalue weighted by Crippen LogP contribution is -2.44. The molecular weight excluding hydrogens is 200 g/mol. The van der Waals surface area contributed by atoms with E-state index in [1.54, 1.807) is 0 Å². The topological polar surface area (TPSA) is 33.3 Å². The number of hydrogen-bond acceptors (Lipinski definition) is 3. The first-order chi connectivity index (χ1) is 6.45. The SMILES string of the molecule is C1CCC(CC2NCCCO2)NC1.Cl. The fourth-order valence-electron chi connectivity index (χ4n) is 2.15. The smallest absolute Gasteiger partial charge is 0.109 e. The van der Waals surface area contributed by atoms with Crippen molar-refractivity contribution in [1.82, 2.24) is 10.6 Å². The van der Waals surface area contributed by atoms with Gasteiger partial charge in [-0.2, -0.15) is 0 Å². The normalized spacial score (nSPS) is 33.4. The summed E-state index contributed by atoms with van der Waals surface area (Å²) in [6.45, 7) is 3.25. The highest BCUT2D eigenvalue weighted by atomic mass is 35.5. The van der Waals surface area contributed by atoms with E-state index in [0.717, 1.165) is 26.0 Å². The number of rotatable bonds is 2. The van der Waals surface area contributed by atoms with Gasteiger partial charge in [0.15, 0.2) is 0 Å². The Morgan fingerprint density at radius 1 is 1.07 bits per heavy atom. The number of piperidine rings is 1. The molecule has 2 atom stereocenters. The van der Waals surface area contributed by atoms with Crippen LogP contribution in [0.5, 0.6) is 0 Å². The minimum Gasteiger partial charge on any atom is -0.363 e. The lowest BCUT2D eigenvalue weighted by molar-refractivity contribution is -0.0110. The molecule has 0 saturated carbocycles. The van der Waals surface area contributed by atoms with Crippen LogP contribution in [0.1, 0.15) is 32.1 Å². The molecule has 0 bridgehead atoms. The van der Waals surface area contributed by atoms with Gasteiger partial charge in [0.05, 0.1) is 0 Å². The molecule has 2 rings (SSSR count). The molecule has 0 aromatic heterocycles. The minimum atomic E-state index is 0. The van der Waals surface area contributed by atoms with Crippen molar-refractivity contribution in [3.05, 3.63) is 0 Å². The molecule has 0 aromatic carbocycles. The summed E-state index contributed by atoms with van der Waals surface area (Å²) in [7, 11) is 0. The number of halogens is 1. The van der Waals surface area contributed by atoms with Crippen LogP contribution in [0.2, 0.25) is 0 Å². The van der Waals surface area contributed by atoms with Gasteiger partial charge in [-0.3, -0.25) is 5.32 Å². The Bertz CT molecular complexity index is 129. The van der Waals surface area contributed by atoms with Gasteiger partial charge in [0.25, 0.3) is 0 Å². The third-order valence-electron chi connectivity index (χ3n) is 2.92. The van der Waals surface area contributed by atoms with E-state index in [2.05, 4.69) is 10.6 Å². The molecular formula is C10H21ClN2O. The summed E-state index contributed by atoms with van der Waals surface area (Å²) >= 11 is 0. The average Bonchev–Trinajstić information content (AvgIpc) is 2.21. The maximum absolute atomic E-state index is 5.63. The van der Waals surface area contributed by atoms with Crippen LogP contribution in [0.25, 0.3) is 0 Å². The van der Waals surface area contributed by atoms with Gasteiger partial charge in [0.2, 0.25) is 0 Å². The van der Waals surface area contributed by atoms with Gasteiger partial charge in [-0.15, -0.1) is 12.4 Å². The van der Waals surface area contributed by atoms with Crippen molar-refractivity contribution in [1.29, 1.82) is 0 Å². The molecule has 0 aliphatic carbocycles. The summed E-state index contributed by atoms with van der Waals surface area (Å²) in [4.78, 5) is 0. The molecule has 2 N–H and O–H groups in total. The Labute approximate surface area is 92.4 Å². The Morgan fingerprint density at radius 2 is 1.93 bits per heavy atom. The molecule has 4 heteroatoms. The number of hydrogen-bond donors (Lipinski definition) is 2.